The number of rotatable bonds is 55. The van der Waals surface area contributed by atoms with Gasteiger partial charge in [0.25, 0.3) is 0 Å². The fourth-order valence-corrected chi connectivity index (χ4v) is 8.66. The van der Waals surface area contributed by atoms with Crippen molar-refractivity contribution in [2.75, 3.05) is 47.5 Å². The summed E-state index contributed by atoms with van der Waals surface area (Å²) < 4.78 is 34.6. The quantitative estimate of drug-likeness (QED) is 0.0211. The molecule has 0 aromatic heterocycles. The third kappa shape index (κ3) is 61.4. The number of ether oxygens (including phenoxy) is 2. The zero-order valence-corrected chi connectivity index (χ0v) is 51.2. The first-order valence-corrected chi connectivity index (χ1v) is 32.4. The second kappa shape index (κ2) is 57.8. The molecule has 0 saturated heterocycles. The van der Waals surface area contributed by atoms with Crippen molar-refractivity contribution in [3.63, 3.8) is 0 Å². The summed E-state index contributed by atoms with van der Waals surface area (Å²) in [5, 5.41) is 0. The highest BCUT2D eigenvalue weighted by Gasteiger charge is 2.27. The summed E-state index contributed by atoms with van der Waals surface area (Å²) >= 11 is 0. The van der Waals surface area contributed by atoms with Crippen LogP contribution in [0.25, 0.3) is 0 Å². The van der Waals surface area contributed by atoms with Crippen molar-refractivity contribution in [2.45, 2.75) is 238 Å². The lowest BCUT2D eigenvalue weighted by Gasteiger charge is -2.24. The molecule has 444 valence electrons. The van der Waals surface area contributed by atoms with Crippen LogP contribution in [0.2, 0.25) is 0 Å². The number of likely N-dealkylation sites (N-methyl/N-ethyl adjacent to an activating group) is 1. The van der Waals surface area contributed by atoms with Crippen molar-refractivity contribution < 1.29 is 42.1 Å². The molecule has 2 unspecified atom stereocenters. The lowest BCUT2D eigenvalue weighted by molar-refractivity contribution is -0.870. The smallest absolute Gasteiger partial charge is 0.462 e. The minimum atomic E-state index is -4.41. The molecular formula is C68H115NO8P+. The van der Waals surface area contributed by atoms with Gasteiger partial charge in [-0.1, -0.05) is 237 Å². The number of nitrogens with zero attached hydrogens (tertiary/aromatic N) is 1. The molecule has 2 atom stereocenters. The SMILES string of the molecule is CC/C=C\C/C=C\C/C=C\C/C=C\C/C=C\C/C=C\C/C=C\C/C=C\CCCCC(=O)OC(COC(=O)CCCCCCCCCCCCCC/C=C\C/C=C\C/C=C\CCCCCCC)COP(=O)(O)OCC[N+](C)(C)C. The van der Waals surface area contributed by atoms with Crippen LogP contribution in [0.4, 0.5) is 0 Å². The maximum absolute atomic E-state index is 12.8. The Labute approximate surface area is 479 Å². The summed E-state index contributed by atoms with van der Waals surface area (Å²) in [6.07, 6.45) is 83.9. The number of allylic oxidation sites excluding steroid dienone is 22. The van der Waals surface area contributed by atoms with E-state index in [-0.39, 0.29) is 32.0 Å². The summed E-state index contributed by atoms with van der Waals surface area (Å²) in [5.41, 5.74) is 0. The Morgan fingerprint density at radius 3 is 1.12 bits per heavy atom. The number of esters is 2. The molecule has 10 heteroatoms. The van der Waals surface area contributed by atoms with Gasteiger partial charge in [0, 0.05) is 12.8 Å². The van der Waals surface area contributed by atoms with E-state index in [2.05, 4.69) is 148 Å². The van der Waals surface area contributed by atoms with E-state index in [1.807, 2.05) is 21.1 Å². The van der Waals surface area contributed by atoms with E-state index in [0.29, 0.717) is 17.4 Å². The van der Waals surface area contributed by atoms with Crippen molar-refractivity contribution >= 4 is 19.8 Å². The zero-order valence-electron chi connectivity index (χ0n) is 50.3. The summed E-state index contributed by atoms with van der Waals surface area (Å²) in [6.45, 7) is 4.24. The van der Waals surface area contributed by atoms with Crippen molar-refractivity contribution in [2.24, 2.45) is 0 Å². The maximum Gasteiger partial charge on any atom is 0.472 e. The van der Waals surface area contributed by atoms with Crippen LogP contribution in [0.5, 0.6) is 0 Å². The Morgan fingerprint density at radius 1 is 0.410 bits per heavy atom. The molecule has 0 aliphatic carbocycles. The average Bonchev–Trinajstić information content (AvgIpc) is 3.41. The number of quaternary nitrogens is 1. The molecule has 0 aromatic carbocycles. The molecule has 0 fully saturated rings. The van der Waals surface area contributed by atoms with Crippen molar-refractivity contribution in [3.8, 4) is 0 Å². The highest BCUT2D eigenvalue weighted by Crippen LogP contribution is 2.43. The summed E-state index contributed by atoms with van der Waals surface area (Å²) in [7, 11) is 1.43. The predicted molar refractivity (Wildman–Crippen MR) is 334 cm³/mol. The van der Waals surface area contributed by atoms with Gasteiger partial charge in [0.15, 0.2) is 6.10 Å². The third-order valence-electron chi connectivity index (χ3n) is 12.7. The summed E-state index contributed by atoms with van der Waals surface area (Å²) in [4.78, 5) is 35.7. The second-order valence-corrected chi connectivity index (χ2v) is 22.8. The first kappa shape index (κ1) is 74.2. The molecule has 0 spiro atoms. The van der Waals surface area contributed by atoms with E-state index in [0.717, 1.165) is 96.3 Å². The van der Waals surface area contributed by atoms with Crippen molar-refractivity contribution in [1.82, 2.24) is 0 Å². The molecule has 1 N–H and O–H groups in total. The van der Waals surface area contributed by atoms with Gasteiger partial charge in [-0.3, -0.25) is 18.6 Å². The predicted octanol–water partition coefficient (Wildman–Crippen LogP) is 19.7. The number of hydrogen-bond acceptors (Lipinski definition) is 7. The van der Waals surface area contributed by atoms with Gasteiger partial charge in [-0.25, -0.2) is 4.57 Å². The molecule has 0 rings (SSSR count). The van der Waals surface area contributed by atoms with Gasteiger partial charge >= 0.3 is 19.8 Å². The van der Waals surface area contributed by atoms with Crippen LogP contribution >= 0.6 is 7.82 Å². The number of hydrogen-bond donors (Lipinski definition) is 1. The third-order valence-corrected chi connectivity index (χ3v) is 13.6. The normalized spacial score (nSPS) is 14.2. The fourth-order valence-electron chi connectivity index (χ4n) is 7.92. The summed E-state index contributed by atoms with van der Waals surface area (Å²) in [6, 6.07) is 0. The Kier molecular flexibility index (Phi) is 55.0. The first-order chi connectivity index (χ1) is 38.0. The van der Waals surface area contributed by atoms with Crippen LogP contribution in [-0.2, 0) is 32.7 Å². The standard InChI is InChI=1S/C68H114NO8P/c1-6-8-10-12-14-16-18-20-22-24-26-28-30-32-34-36-38-40-42-44-46-48-50-52-54-56-58-60-67(70)74-64-66(65-76-78(72,73)75-63-62-69(3,4)5)77-68(71)61-59-57-55-53-51-49-47-45-43-41-39-37-35-33-31-29-27-25-23-21-19-17-15-13-11-9-7-2/h9,11,15,17-18,20-21,23-24,26-27,29-30,32-33,35,39,41,45,47,51,53,66H,6-8,10,12-14,16,19,22,25,28,31,34,36-38,40,42-44,46,48-50,52,54-65H2,1-5H3/p+1/b11-9-,17-15-,20-18-,23-21-,26-24-,29-27-,32-30-,35-33-,41-39-,47-45-,53-51-. The van der Waals surface area contributed by atoms with Crippen LogP contribution in [0.15, 0.2) is 134 Å². The number of carbonyl (C=O) groups is 2. The van der Waals surface area contributed by atoms with Gasteiger partial charge < -0.3 is 18.9 Å². The molecule has 0 heterocycles. The van der Waals surface area contributed by atoms with Gasteiger partial charge in [0.1, 0.15) is 19.8 Å². The molecule has 0 bridgehead atoms. The van der Waals surface area contributed by atoms with Gasteiger partial charge in [0.2, 0.25) is 0 Å². The van der Waals surface area contributed by atoms with Crippen LogP contribution in [0.3, 0.4) is 0 Å². The number of carbonyl (C=O) groups excluding carboxylic acids is 2. The number of phosphoric ester groups is 1. The monoisotopic (exact) mass is 1100 g/mol. The van der Waals surface area contributed by atoms with Crippen LogP contribution < -0.4 is 0 Å². The molecule has 0 saturated carbocycles. The van der Waals surface area contributed by atoms with Crippen LogP contribution in [-0.4, -0.2) is 74.9 Å². The lowest BCUT2D eigenvalue weighted by atomic mass is 10.0. The van der Waals surface area contributed by atoms with E-state index in [1.165, 1.54) is 103 Å². The first-order valence-electron chi connectivity index (χ1n) is 30.9. The Hall–Kier alpha value is -3.85. The van der Waals surface area contributed by atoms with E-state index in [4.69, 9.17) is 18.5 Å². The van der Waals surface area contributed by atoms with E-state index >= 15 is 0 Å². The molecule has 9 nitrogen and oxygen atoms in total. The van der Waals surface area contributed by atoms with E-state index in [9.17, 15) is 19.0 Å². The summed E-state index contributed by atoms with van der Waals surface area (Å²) in [5.74, 6) is -0.858. The molecule has 0 aliphatic heterocycles. The van der Waals surface area contributed by atoms with Crippen LogP contribution in [0, 0.1) is 0 Å². The Bertz CT molecular complexity index is 1780. The minimum Gasteiger partial charge on any atom is -0.462 e. The maximum atomic E-state index is 12.8. The van der Waals surface area contributed by atoms with Gasteiger partial charge in [-0.05, 0) is 116 Å². The topological polar surface area (TPSA) is 108 Å². The zero-order chi connectivity index (χ0) is 57.0. The average molecular weight is 1110 g/mol. The highest BCUT2D eigenvalue weighted by molar-refractivity contribution is 7.47. The molecule has 0 amide bonds. The molecule has 0 aliphatic rings. The number of phosphoric acid groups is 1. The lowest BCUT2D eigenvalue weighted by Crippen LogP contribution is -2.37. The molecule has 0 aromatic rings. The van der Waals surface area contributed by atoms with Crippen molar-refractivity contribution in [3.05, 3.63) is 134 Å². The largest absolute Gasteiger partial charge is 0.472 e. The van der Waals surface area contributed by atoms with Gasteiger partial charge in [-0.15, -0.1) is 0 Å². The number of unbranched alkanes of at least 4 members (excludes halogenated alkanes) is 19. The highest BCUT2D eigenvalue weighted by atomic mass is 31.2. The van der Waals surface area contributed by atoms with E-state index in [1.54, 1.807) is 0 Å². The van der Waals surface area contributed by atoms with Crippen molar-refractivity contribution in [1.29, 1.82) is 0 Å². The Morgan fingerprint density at radius 2 is 0.731 bits per heavy atom. The van der Waals surface area contributed by atoms with E-state index < -0.39 is 26.5 Å². The van der Waals surface area contributed by atoms with Gasteiger partial charge in [-0.2, -0.15) is 0 Å². The van der Waals surface area contributed by atoms with Crippen LogP contribution in [0.1, 0.15) is 232 Å². The molecular weight excluding hydrogens is 990 g/mol. The molecule has 78 heavy (non-hydrogen) atoms. The fraction of sp³-hybridized carbons (Fsp3) is 0.647. The van der Waals surface area contributed by atoms with Gasteiger partial charge in [0.05, 0.1) is 27.7 Å². The molecule has 0 radical (unpaired) electrons. The minimum absolute atomic E-state index is 0.0152. The second-order valence-electron chi connectivity index (χ2n) is 21.4. The Balaban J connectivity index is 4.26.